The first kappa shape index (κ1) is 12.1. The molecule has 0 fully saturated rings. The summed E-state index contributed by atoms with van der Waals surface area (Å²) in [6.07, 6.45) is 5.32. The van der Waals surface area contributed by atoms with Crippen LogP contribution in [0.4, 0.5) is 5.69 Å². The summed E-state index contributed by atoms with van der Waals surface area (Å²) in [4.78, 5) is 11.9. The predicted octanol–water partition coefficient (Wildman–Crippen LogP) is 2.16. The summed E-state index contributed by atoms with van der Waals surface area (Å²) >= 11 is 0. The molecule has 3 N–H and O–H groups in total. The lowest BCUT2D eigenvalue weighted by atomic mass is 10.1. The van der Waals surface area contributed by atoms with Gasteiger partial charge in [-0.2, -0.15) is 0 Å². The minimum absolute atomic E-state index is 0.221. The van der Waals surface area contributed by atoms with Crippen LogP contribution in [0.3, 0.4) is 0 Å². The summed E-state index contributed by atoms with van der Waals surface area (Å²) < 4.78 is 5.44. The van der Waals surface area contributed by atoms with E-state index in [1.165, 1.54) is 0 Å². The van der Waals surface area contributed by atoms with Gasteiger partial charge in [-0.1, -0.05) is 5.92 Å². The van der Waals surface area contributed by atoms with Gasteiger partial charge in [0, 0.05) is 11.1 Å². The highest BCUT2D eigenvalue weighted by Gasteiger charge is 2.20. The van der Waals surface area contributed by atoms with Crippen LogP contribution in [0.2, 0.25) is 0 Å². The molecule has 0 unspecified atom stereocenters. The zero-order valence-corrected chi connectivity index (χ0v) is 10.3. The Hall–Kier alpha value is -2.41. The topological polar surface area (TPSA) is 68.3 Å². The van der Waals surface area contributed by atoms with Crippen LogP contribution in [0.1, 0.15) is 24.4 Å². The lowest BCUT2D eigenvalue weighted by Crippen LogP contribution is -2.41. The Morgan fingerprint density at radius 2 is 2.17 bits per heavy atom. The van der Waals surface area contributed by atoms with Crippen molar-refractivity contribution in [2.45, 2.75) is 19.4 Å². The second kappa shape index (κ2) is 4.11. The molecule has 18 heavy (non-hydrogen) atoms. The van der Waals surface area contributed by atoms with E-state index in [1.807, 2.05) is 0 Å². The largest absolute Gasteiger partial charge is 0.451 e. The first-order chi connectivity index (χ1) is 8.41. The number of fused-ring (bicyclic) bond motifs is 1. The van der Waals surface area contributed by atoms with Crippen LogP contribution in [-0.2, 0) is 0 Å². The van der Waals surface area contributed by atoms with E-state index in [-0.39, 0.29) is 11.7 Å². The molecule has 1 aromatic heterocycles. The third kappa shape index (κ3) is 2.30. The van der Waals surface area contributed by atoms with Crippen molar-refractivity contribution in [2.24, 2.45) is 0 Å². The Morgan fingerprint density at radius 3 is 2.83 bits per heavy atom. The molecule has 2 aromatic rings. The fraction of sp³-hybridized carbons (Fsp3) is 0.214. The van der Waals surface area contributed by atoms with E-state index in [9.17, 15) is 4.79 Å². The molecule has 4 nitrogen and oxygen atoms in total. The van der Waals surface area contributed by atoms with Crippen LogP contribution < -0.4 is 11.1 Å². The van der Waals surface area contributed by atoms with Gasteiger partial charge in [0.05, 0.1) is 5.54 Å². The summed E-state index contributed by atoms with van der Waals surface area (Å²) in [7, 11) is 0. The second-order valence-electron chi connectivity index (χ2n) is 4.63. The smallest absolute Gasteiger partial charge is 0.288 e. The number of amides is 1. The van der Waals surface area contributed by atoms with Gasteiger partial charge in [0.1, 0.15) is 5.58 Å². The molecule has 4 heteroatoms. The Morgan fingerprint density at radius 1 is 1.44 bits per heavy atom. The lowest BCUT2D eigenvalue weighted by Gasteiger charge is -2.18. The van der Waals surface area contributed by atoms with E-state index in [1.54, 1.807) is 38.1 Å². The average molecular weight is 242 g/mol. The van der Waals surface area contributed by atoms with Gasteiger partial charge in [0.15, 0.2) is 5.76 Å². The minimum atomic E-state index is -0.713. The number of rotatable bonds is 2. The SMILES string of the molecule is C#CC(C)(C)NC(=O)c1cc2cc(N)ccc2o1. The fourth-order valence-corrected chi connectivity index (χ4v) is 1.56. The highest BCUT2D eigenvalue weighted by atomic mass is 16.3. The van der Waals surface area contributed by atoms with Crippen LogP contribution >= 0.6 is 0 Å². The molecule has 0 saturated heterocycles. The summed E-state index contributed by atoms with van der Waals surface area (Å²) in [6, 6.07) is 6.85. The fourth-order valence-electron chi connectivity index (χ4n) is 1.56. The van der Waals surface area contributed by atoms with E-state index >= 15 is 0 Å². The monoisotopic (exact) mass is 242 g/mol. The maximum Gasteiger partial charge on any atom is 0.288 e. The van der Waals surface area contributed by atoms with Crippen molar-refractivity contribution in [3.63, 3.8) is 0 Å². The highest BCUT2D eigenvalue weighted by Crippen LogP contribution is 2.22. The van der Waals surface area contributed by atoms with Crippen LogP contribution in [0, 0.1) is 12.3 Å². The molecule has 0 aliphatic carbocycles. The van der Waals surface area contributed by atoms with E-state index in [2.05, 4.69) is 11.2 Å². The summed E-state index contributed by atoms with van der Waals surface area (Å²) in [5.41, 5.74) is 6.19. The van der Waals surface area contributed by atoms with Gasteiger partial charge in [-0.3, -0.25) is 4.79 Å². The molecule has 1 aromatic carbocycles. The maximum atomic E-state index is 11.9. The molecule has 1 amide bonds. The van der Waals surface area contributed by atoms with E-state index in [4.69, 9.17) is 16.6 Å². The van der Waals surface area contributed by atoms with E-state index in [0.29, 0.717) is 11.3 Å². The minimum Gasteiger partial charge on any atom is -0.451 e. The Labute approximate surface area is 105 Å². The molecule has 0 atom stereocenters. The van der Waals surface area contributed by atoms with Crippen molar-refractivity contribution in [1.29, 1.82) is 0 Å². The lowest BCUT2D eigenvalue weighted by molar-refractivity contribution is 0.0904. The van der Waals surface area contributed by atoms with Gasteiger partial charge in [0.25, 0.3) is 5.91 Å². The van der Waals surface area contributed by atoms with E-state index in [0.717, 1.165) is 5.39 Å². The van der Waals surface area contributed by atoms with Gasteiger partial charge in [-0.05, 0) is 38.1 Å². The van der Waals surface area contributed by atoms with Crippen molar-refractivity contribution in [3.8, 4) is 12.3 Å². The molecule has 2 rings (SSSR count). The number of hydrogen-bond donors (Lipinski definition) is 2. The zero-order valence-electron chi connectivity index (χ0n) is 10.3. The number of nitrogens with one attached hydrogen (secondary N) is 1. The summed E-state index contributed by atoms with van der Waals surface area (Å²) in [6.45, 7) is 3.48. The number of nitrogen functional groups attached to an aromatic ring is 1. The van der Waals surface area contributed by atoms with E-state index < -0.39 is 5.54 Å². The molecule has 0 saturated carbocycles. The van der Waals surface area contributed by atoms with Crippen molar-refractivity contribution >= 4 is 22.6 Å². The van der Waals surface area contributed by atoms with Crippen LogP contribution in [0.15, 0.2) is 28.7 Å². The molecule has 0 aliphatic heterocycles. The van der Waals surface area contributed by atoms with Crippen LogP contribution in [0.25, 0.3) is 11.0 Å². The predicted molar refractivity (Wildman–Crippen MR) is 71.0 cm³/mol. The quantitative estimate of drug-likeness (QED) is 0.626. The number of carbonyl (C=O) groups excluding carboxylic acids is 1. The molecular weight excluding hydrogens is 228 g/mol. The number of hydrogen-bond acceptors (Lipinski definition) is 3. The highest BCUT2D eigenvalue weighted by molar-refractivity contribution is 5.97. The van der Waals surface area contributed by atoms with Gasteiger partial charge < -0.3 is 15.5 Å². The van der Waals surface area contributed by atoms with Crippen molar-refractivity contribution in [2.75, 3.05) is 5.73 Å². The molecule has 1 heterocycles. The third-order valence-corrected chi connectivity index (χ3v) is 2.55. The second-order valence-corrected chi connectivity index (χ2v) is 4.63. The maximum absolute atomic E-state index is 11.9. The standard InChI is InChI=1S/C14H14N2O2/c1-4-14(2,3)16-13(17)12-8-9-7-10(15)5-6-11(9)18-12/h1,5-8H,15H2,2-3H3,(H,16,17). The molecule has 0 radical (unpaired) electrons. The molecule has 92 valence electrons. The number of furan rings is 1. The molecular formula is C14H14N2O2. The van der Waals surface area contributed by atoms with Crippen LogP contribution in [0.5, 0.6) is 0 Å². The number of carbonyl (C=O) groups is 1. The third-order valence-electron chi connectivity index (χ3n) is 2.55. The number of terminal acetylenes is 1. The normalized spacial score (nSPS) is 11.2. The first-order valence-corrected chi connectivity index (χ1v) is 5.51. The first-order valence-electron chi connectivity index (χ1n) is 5.51. The number of nitrogens with two attached hydrogens (primary N) is 1. The van der Waals surface area contributed by atoms with Gasteiger partial charge in [-0.15, -0.1) is 6.42 Å². The van der Waals surface area contributed by atoms with Crippen molar-refractivity contribution < 1.29 is 9.21 Å². The Kier molecular flexibility index (Phi) is 2.76. The summed E-state index contributed by atoms with van der Waals surface area (Å²) in [5, 5.41) is 3.49. The Balaban J connectivity index is 2.32. The van der Waals surface area contributed by atoms with Gasteiger partial charge in [-0.25, -0.2) is 0 Å². The number of anilines is 1. The molecule has 0 bridgehead atoms. The van der Waals surface area contributed by atoms with Gasteiger partial charge >= 0.3 is 0 Å². The molecule has 0 spiro atoms. The van der Waals surface area contributed by atoms with Crippen molar-refractivity contribution in [3.05, 3.63) is 30.0 Å². The Bertz CT molecular complexity index is 647. The van der Waals surface area contributed by atoms with Crippen LogP contribution in [-0.4, -0.2) is 11.4 Å². The zero-order chi connectivity index (χ0) is 13.3. The van der Waals surface area contributed by atoms with Gasteiger partial charge in [0.2, 0.25) is 0 Å². The molecule has 0 aliphatic rings. The number of benzene rings is 1. The van der Waals surface area contributed by atoms with Crippen molar-refractivity contribution in [1.82, 2.24) is 5.32 Å². The average Bonchev–Trinajstić information content (AvgIpc) is 2.71. The summed E-state index contributed by atoms with van der Waals surface area (Å²) in [5.74, 6) is 2.37.